The molecule has 0 saturated heterocycles. The van der Waals surface area contributed by atoms with Crippen molar-refractivity contribution in [3.63, 3.8) is 0 Å². The zero-order chi connectivity index (χ0) is 30.5. The fourth-order valence-electron chi connectivity index (χ4n) is 5.03. The molecular weight excluding hydrogens is 733 g/mol. The van der Waals surface area contributed by atoms with Crippen molar-refractivity contribution < 1.29 is 21.5 Å². The first-order chi connectivity index (χ1) is 21.4. The molecule has 0 saturated carbocycles. The largest absolute Gasteiger partial charge is 0.305 e. The predicted molar refractivity (Wildman–Crippen MR) is 182 cm³/mol. The minimum absolute atomic E-state index is 0. The average molecular weight is 766 g/mol. The third-order valence-electron chi connectivity index (χ3n) is 7.32. The molecule has 3 aromatic heterocycles. The predicted octanol–water partition coefficient (Wildman–Crippen LogP) is 11.1. The van der Waals surface area contributed by atoms with Gasteiger partial charge in [0.1, 0.15) is 0 Å². The molecule has 1 radical (unpaired) electrons. The summed E-state index contributed by atoms with van der Waals surface area (Å²) < 4.78 is 9.68. The quantitative estimate of drug-likeness (QED) is 0.163. The van der Waals surface area contributed by atoms with Gasteiger partial charge in [0, 0.05) is 39.6 Å². The van der Waals surface area contributed by atoms with Crippen LogP contribution in [0.5, 0.6) is 0 Å². The Labute approximate surface area is 279 Å². The molecule has 219 valence electrons. The number of rotatable bonds is 5. The van der Waals surface area contributed by atoms with Gasteiger partial charge in [-0.2, -0.15) is 11.3 Å². The third kappa shape index (κ3) is 6.95. The zero-order valence-corrected chi connectivity index (χ0v) is 28.0. The van der Waals surface area contributed by atoms with Crippen molar-refractivity contribution in [3.05, 3.63) is 157 Å². The molecule has 0 aliphatic heterocycles. The Kier molecular flexibility index (Phi) is 9.84. The fraction of sp³-hybridized carbons (Fsp3) is 0.100. The molecule has 0 spiro atoms. The number of hydrogen-bond acceptors (Lipinski definition) is 3. The van der Waals surface area contributed by atoms with Crippen LogP contribution in [0, 0.1) is 19.1 Å². The minimum Gasteiger partial charge on any atom is -0.305 e. The van der Waals surface area contributed by atoms with Crippen molar-refractivity contribution >= 4 is 21.4 Å². The van der Waals surface area contributed by atoms with Crippen LogP contribution in [0.4, 0.5) is 0 Å². The number of aryl methyl sites for hydroxylation is 1. The second-order valence-corrected chi connectivity index (χ2v) is 11.5. The molecule has 0 fully saturated rings. The smallest absolute Gasteiger partial charge is 0.0346 e. The Morgan fingerprint density at radius 3 is 2.05 bits per heavy atom. The van der Waals surface area contributed by atoms with Crippen LogP contribution in [0.15, 0.2) is 134 Å². The van der Waals surface area contributed by atoms with Gasteiger partial charge in [-0.25, -0.2) is 0 Å². The van der Waals surface area contributed by atoms with Crippen LogP contribution < -0.4 is 0 Å². The Bertz CT molecular complexity index is 1950. The van der Waals surface area contributed by atoms with Gasteiger partial charge in [0.2, 0.25) is 0 Å². The molecular formula is C40H32IrN2S-2. The van der Waals surface area contributed by atoms with Crippen LogP contribution in [-0.2, 0) is 20.1 Å². The number of benzene rings is 4. The van der Waals surface area contributed by atoms with E-state index in [1.807, 2.05) is 85.8 Å². The van der Waals surface area contributed by atoms with Crippen LogP contribution in [0.3, 0.4) is 0 Å². The first kappa shape index (κ1) is 29.8. The summed E-state index contributed by atoms with van der Waals surface area (Å²) in [5.74, 6) is -0.678. The van der Waals surface area contributed by atoms with Gasteiger partial charge in [0.25, 0.3) is 0 Å². The van der Waals surface area contributed by atoms with Gasteiger partial charge >= 0.3 is 0 Å². The summed E-state index contributed by atoms with van der Waals surface area (Å²) in [6.07, 6.45) is 3.59. The summed E-state index contributed by atoms with van der Waals surface area (Å²) in [6, 6.07) is 47.7. The second-order valence-electron chi connectivity index (χ2n) is 10.5. The van der Waals surface area contributed by atoms with Crippen molar-refractivity contribution in [2.45, 2.75) is 26.7 Å². The summed E-state index contributed by atoms with van der Waals surface area (Å²) in [4.78, 5) is 10.1. The number of aromatic nitrogens is 2. The Morgan fingerprint density at radius 2 is 1.39 bits per heavy atom. The topological polar surface area (TPSA) is 25.8 Å². The standard InChI is InChI=1S/C29H24NS.C11H8N.Ir/c1-19(2)23-14-15-30-27(18-23)24-16-25-20(3)28(22-12-8-5-9-13-22)31-29(25)26(17-24)21-10-6-4-7-11-21;1-2-6-10(7-3-1)11-8-4-5-9-12-11;/h4-15,17-19H,1-3H3;1-6,8-9H;/q2*-1;/i19D;;. The normalized spacial score (nSPS) is 11.2. The number of hydrogen-bond donors (Lipinski definition) is 0. The van der Waals surface area contributed by atoms with Gasteiger partial charge in [-0.3, -0.25) is 4.98 Å². The van der Waals surface area contributed by atoms with Gasteiger partial charge in [-0.1, -0.05) is 116 Å². The number of nitrogens with zero attached hydrogens (tertiary/aromatic N) is 2. The molecule has 7 aromatic rings. The molecule has 0 N–H and O–H groups in total. The van der Waals surface area contributed by atoms with Gasteiger partial charge in [-0.15, -0.1) is 53.4 Å². The maximum Gasteiger partial charge on any atom is 0.0346 e. The monoisotopic (exact) mass is 766 g/mol. The minimum atomic E-state index is -0.678. The Hall–Kier alpha value is -4.21. The molecule has 0 aliphatic carbocycles. The number of pyridine rings is 2. The van der Waals surface area contributed by atoms with Gasteiger partial charge < -0.3 is 4.98 Å². The Balaban J connectivity index is 0.000000258. The summed E-state index contributed by atoms with van der Waals surface area (Å²) in [6.45, 7) is 6.00. The van der Waals surface area contributed by atoms with Gasteiger partial charge in [0.15, 0.2) is 0 Å². The van der Waals surface area contributed by atoms with Crippen molar-refractivity contribution in [3.8, 4) is 44.1 Å². The second kappa shape index (κ2) is 14.5. The summed E-state index contributed by atoms with van der Waals surface area (Å²) in [5, 5.41) is 1.14. The van der Waals surface area contributed by atoms with Crippen LogP contribution >= 0.6 is 11.3 Å². The fourth-order valence-corrected chi connectivity index (χ4v) is 6.34. The molecule has 0 bridgehead atoms. The zero-order valence-electron chi connectivity index (χ0n) is 25.8. The van der Waals surface area contributed by atoms with Crippen LogP contribution in [0.1, 0.15) is 32.2 Å². The van der Waals surface area contributed by atoms with E-state index in [9.17, 15) is 0 Å². The van der Waals surface area contributed by atoms with E-state index < -0.39 is 5.89 Å². The molecule has 0 unspecified atom stereocenters. The van der Waals surface area contributed by atoms with Gasteiger partial charge in [0.05, 0.1) is 0 Å². The molecule has 4 heteroatoms. The van der Waals surface area contributed by atoms with Crippen LogP contribution in [-0.4, -0.2) is 9.97 Å². The van der Waals surface area contributed by atoms with E-state index in [1.54, 1.807) is 12.4 Å². The van der Waals surface area contributed by atoms with E-state index in [-0.39, 0.29) is 20.1 Å². The molecule has 44 heavy (non-hydrogen) atoms. The molecule has 3 heterocycles. The molecule has 7 rings (SSSR count). The van der Waals surface area contributed by atoms with Crippen LogP contribution in [0.25, 0.3) is 54.2 Å². The number of thiophene rings is 1. The van der Waals surface area contributed by atoms with Crippen molar-refractivity contribution in [2.24, 2.45) is 0 Å². The van der Waals surface area contributed by atoms with E-state index >= 15 is 0 Å². The SMILES string of the molecule is [2H]C(C)(C)c1ccnc(-c2[c-]c3c(C)c(-c4ccccc4)sc3c(-c3ccccc3)c2)c1.[Ir].[c-]1ccccc1-c1ccccn1. The van der Waals surface area contributed by atoms with Gasteiger partial charge in [-0.05, 0) is 50.0 Å². The third-order valence-corrected chi connectivity index (χ3v) is 8.70. The average Bonchev–Trinajstić information content (AvgIpc) is 3.42. The summed E-state index contributed by atoms with van der Waals surface area (Å²) >= 11 is 1.83. The van der Waals surface area contributed by atoms with Crippen molar-refractivity contribution in [1.82, 2.24) is 9.97 Å². The first-order valence-electron chi connectivity index (χ1n) is 14.8. The molecule has 0 amide bonds. The van der Waals surface area contributed by atoms with E-state index in [4.69, 9.17) is 1.37 Å². The molecule has 4 aromatic carbocycles. The van der Waals surface area contributed by atoms with E-state index in [2.05, 4.69) is 89.7 Å². The van der Waals surface area contributed by atoms with E-state index in [0.717, 1.165) is 33.5 Å². The van der Waals surface area contributed by atoms with Crippen molar-refractivity contribution in [2.75, 3.05) is 0 Å². The van der Waals surface area contributed by atoms with E-state index in [0.29, 0.717) is 0 Å². The van der Waals surface area contributed by atoms with Crippen molar-refractivity contribution in [1.29, 1.82) is 0 Å². The maximum absolute atomic E-state index is 8.44. The summed E-state index contributed by atoms with van der Waals surface area (Å²) in [5.41, 5.74) is 9.63. The van der Waals surface area contributed by atoms with Crippen LogP contribution in [0.2, 0.25) is 0 Å². The molecule has 0 aliphatic rings. The Morgan fingerprint density at radius 1 is 0.705 bits per heavy atom. The number of fused-ring (bicyclic) bond motifs is 1. The van der Waals surface area contributed by atoms with E-state index in [1.165, 1.54) is 31.8 Å². The molecule has 2 nitrogen and oxygen atoms in total. The summed E-state index contributed by atoms with van der Waals surface area (Å²) in [7, 11) is 0. The molecule has 0 atom stereocenters. The maximum atomic E-state index is 8.44. The first-order valence-corrected chi connectivity index (χ1v) is 15.2.